The van der Waals surface area contributed by atoms with E-state index in [1.54, 1.807) is 0 Å². The number of imidazole rings is 1. The molecule has 1 aliphatic rings. The van der Waals surface area contributed by atoms with Crippen LogP contribution in [0.15, 0.2) is 6.20 Å². The molecule has 0 aromatic carbocycles. The van der Waals surface area contributed by atoms with Crippen LogP contribution in [-0.4, -0.2) is 27.1 Å². The van der Waals surface area contributed by atoms with Crippen molar-refractivity contribution in [2.24, 2.45) is 0 Å². The monoisotopic (exact) mass is 239 g/mol. The summed E-state index contributed by atoms with van der Waals surface area (Å²) in [6.07, 6.45) is 4.84. The van der Waals surface area contributed by atoms with E-state index in [9.17, 15) is 0 Å². The zero-order chi connectivity index (χ0) is 11.5. The van der Waals surface area contributed by atoms with Crippen LogP contribution in [0.5, 0.6) is 0 Å². The minimum Gasteiger partial charge on any atom is -0.355 e. The van der Waals surface area contributed by atoms with Crippen LogP contribution in [0, 0.1) is 6.92 Å². The maximum absolute atomic E-state index is 4.54. The number of nitrogens with one attached hydrogen (secondary N) is 1. The number of hydrogen-bond donors (Lipinski definition) is 1. The number of thioether (sulfide) groups is 1. The van der Waals surface area contributed by atoms with Crippen molar-refractivity contribution in [2.75, 3.05) is 17.6 Å². The lowest BCUT2D eigenvalue weighted by molar-refractivity contribution is 0.603. The number of aryl methyl sites for hydroxylation is 1. The molecular weight excluding hydrogens is 218 g/mol. The second kappa shape index (κ2) is 5.13. The lowest BCUT2D eigenvalue weighted by Gasteiger charge is -2.14. The smallest absolute Gasteiger partial charge is 0.203 e. The van der Waals surface area contributed by atoms with Crippen LogP contribution in [-0.2, 0) is 0 Å². The SMILES string of the molecule is Cc1cn(C(C)C)c(NCC2CCCS2)n1. The number of rotatable bonds is 4. The van der Waals surface area contributed by atoms with E-state index in [1.807, 2.05) is 6.92 Å². The normalized spacial score (nSPS) is 20.6. The average Bonchev–Trinajstić information content (AvgIpc) is 2.83. The first kappa shape index (κ1) is 11.8. The second-order valence-corrected chi connectivity index (χ2v) is 6.13. The molecule has 2 rings (SSSR count). The fourth-order valence-electron chi connectivity index (χ4n) is 2.05. The highest BCUT2D eigenvalue weighted by Crippen LogP contribution is 2.26. The van der Waals surface area contributed by atoms with Gasteiger partial charge in [0.15, 0.2) is 0 Å². The summed E-state index contributed by atoms with van der Waals surface area (Å²) >= 11 is 2.08. The van der Waals surface area contributed by atoms with Crippen molar-refractivity contribution < 1.29 is 0 Å². The second-order valence-electron chi connectivity index (χ2n) is 4.72. The average molecular weight is 239 g/mol. The molecule has 16 heavy (non-hydrogen) atoms. The molecule has 1 saturated heterocycles. The Morgan fingerprint density at radius 2 is 2.44 bits per heavy atom. The van der Waals surface area contributed by atoms with Gasteiger partial charge in [-0.2, -0.15) is 11.8 Å². The molecule has 0 aliphatic carbocycles. The molecule has 0 saturated carbocycles. The van der Waals surface area contributed by atoms with Crippen molar-refractivity contribution in [3.63, 3.8) is 0 Å². The van der Waals surface area contributed by atoms with Crippen LogP contribution in [0.25, 0.3) is 0 Å². The molecule has 1 N–H and O–H groups in total. The van der Waals surface area contributed by atoms with Gasteiger partial charge in [-0.1, -0.05) is 0 Å². The first-order valence-electron chi connectivity index (χ1n) is 6.08. The number of aromatic nitrogens is 2. The van der Waals surface area contributed by atoms with Gasteiger partial charge >= 0.3 is 0 Å². The van der Waals surface area contributed by atoms with Crippen molar-refractivity contribution in [3.8, 4) is 0 Å². The summed E-state index contributed by atoms with van der Waals surface area (Å²) in [5.74, 6) is 2.35. The fraction of sp³-hybridized carbons (Fsp3) is 0.750. The van der Waals surface area contributed by atoms with Crippen LogP contribution in [0.4, 0.5) is 5.95 Å². The standard InChI is InChI=1S/C12H21N3S/c1-9(2)15-8-10(3)14-12(15)13-7-11-5-4-6-16-11/h8-9,11H,4-7H2,1-3H3,(H,13,14). The van der Waals surface area contributed by atoms with Crippen LogP contribution in [0.1, 0.15) is 38.4 Å². The van der Waals surface area contributed by atoms with E-state index >= 15 is 0 Å². The molecule has 1 fully saturated rings. The first-order valence-corrected chi connectivity index (χ1v) is 7.12. The Hall–Kier alpha value is -0.640. The molecule has 1 aromatic heterocycles. The van der Waals surface area contributed by atoms with Gasteiger partial charge in [0.2, 0.25) is 5.95 Å². The highest BCUT2D eigenvalue weighted by atomic mass is 32.2. The highest BCUT2D eigenvalue weighted by molar-refractivity contribution is 8.00. The molecule has 0 bridgehead atoms. The largest absolute Gasteiger partial charge is 0.355 e. The van der Waals surface area contributed by atoms with Gasteiger partial charge in [0.25, 0.3) is 0 Å². The number of anilines is 1. The molecule has 0 amide bonds. The zero-order valence-corrected chi connectivity index (χ0v) is 11.2. The third-order valence-electron chi connectivity index (χ3n) is 2.92. The van der Waals surface area contributed by atoms with Crippen LogP contribution in [0.3, 0.4) is 0 Å². The molecule has 0 spiro atoms. The molecule has 1 unspecified atom stereocenters. The predicted molar refractivity (Wildman–Crippen MR) is 71.3 cm³/mol. The van der Waals surface area contributed by atoms with Crippen molar-refractivity contribution in [1.82, 2.24) is 9.55 Å². The van der Waals surface area contributed by atoms with Crippen molar-refractivity contribution in [1.29, 1.82) is 0 Å². The van der Waals surface area contributed by atoms with Gasteiger partial charge in [0.05, 0.1) is 5.69 Å². The summed E-state index contributed by atoms with van der Waals surface area (Å²) in [5, 5.41) is 4.26. The Labute approximate surface area is 102 Å². The van der Waals surface area contributed by atoms with Crippen LogP contribution < -0.4 is 5.32 Å². The lowest BCUT2D eigenvalue weighted by Crippen LogP contribution is -2.17. The topological polar surface area (TPSA) is 29.9 Å². The maximum atomic E-state index is 4.54. The van der Waals surface area contributed by atoms with Crippen molar-refractivity contribution in [2.45, 2.75) is 44.9 Å². The lowest BCUT2D eigenvalue weighted by atomic mass is 10.2. The van der Waals surface area contributed by atoms with Gasteiger partial charge in [0, 0.05) is 24.0 Å². The molecule has 0 radical (unpaired) electrons. The fourth-order valence-corrected chi connectivity index (χ4v) is 3.25. The Kier molecular flexibility index (Phi) is 3.79. The molecular formula is C12H21N3S. The molecule has 3 nitrogen and oxygen atoms in total. The third kappa shape index (κ3) is 2.73. The minimum absolute atomic E-state index is 0.472. The van der Waals surface area contributed by atoms with Crippen molar-refractivity contribution in [3.05, 3.63) is 11.9 Å². The van der Waals surface area contributed by atoms with E-state index in [2.05, 4.69) is 46.7 Å². The first-order chi connectivity index (χ1) is 7.66. The van der Waals surface area contributed by atoms with E-state index in [0.717, 1.165) is 23.4 Å². The molecule has 2 heterocycles. The quantitative estimate of drug-likeness (QED) is 0.875. The Balaban J connectivity index is 1.97. The van der Waals surface area contributed by atoms with Gasteiger partial charge in [-0.3, -0.25) is 0 Å². The minimum atomic E-state index is 0.472. The van der Waals surface area contributed by atoms with E-state index in [0.29, 0.717) is 6.04 Å². The van der Waals surface area contributed by atoms with Gasteiger partial charge in [-0.25, -0.2) is 4.98 Å². The van der Waals surface area contributed by atoms with Gasteiger partial charge < -0.3 is 9.88 Å². The maximum Gasteiger partial charge on any atom is 0.203 e. The summed E-state index contributed by atoms with van der Waals surface area (Å²) in [4.78, 5) is 4.54. The van der Waals surface area contributed by atoms with Gasteiger partial charge in [-0.15, -0.1) is 0 Å². The highest BCUT2D eigenvalue weighted by Gasteiger charge is 2.16. The Morgan fingerprint density at radius 3 is 3.06 bits per heavy atom. The Morgan fingerprint density at radius 1 is 1.62 bits per heavy atom. The summed E-state index contributed by atoms with van der Waals surface area (Å²) in [5.41, 5.74) is 1.09. The van der Waals surface area contributed by atoms with Gasteiger partial charge in [0.1, 0.15) is 0 Å². The van der Waals surface area contributed by atoms with Crippen LogP contribution >= 0.6 is 11.8 Å². The zero-order valence-electron chi connectivity index (χ0n) is 10.4. The summed E-state index contributed by atoms with van der Waals surface area (Å²) in [7, 11) is 0. The Bertz CT molecular complexity index is 340. The summed E-state index contributed by atoms with van der Waals surface area (Å²) in [6, 6.07) is 0.472. The van der Waals surface area contributed by atoms with E-state index in [4.69, 9.17) is 0 Å². The number of nitrogens with zero attached hydrogens (tertiary/aromatic N) is 2. The third-order valence-corrected chi connectivity index (χ3v) is 4.32. The summed E-state index contributed by atoms with van der Waals surface area (Å²) < 4.78 is 2.22. The van der Waals surface area contributed by atoms with E-state index in [-0.39, 0.29) is 0 Å². The molecule has 1 atom stereocenters. The molecule has 4 heteroatoms. The molecule has 90 valence electrons. The molecule has 1 aliphatic heterocycles. The number of hydrogen-bond acceptors (Lipinski definition) is 3. The summed E-state index contributed by atoms with van der Waals surface area (Å²) in [6.45, 7) is 7.48. The van der Waals surface area contributed by atoms with E-state index in [1.165, 1.54) is 18.6 Å². The van der Waals surface area contributed by atoms with E-state index < -0.39 is 0 Å². The van der Waals surface area contributed by atoms with Gasteiger partial charge in [-0.05, 0) is 39.4 Å². The predicted octanol–water partition coefficient (Wildman–Crippen LogP) is 3.08. The van der Waals surface area contributed by atoms with Crippen molar-refractivity contribution >= 4 is 17.7 Å². The molecule has 1 aromatic rings. The van der Waals surface area contributed by atoms with Crippen LogP contribution in [0.2, 0.25) is 0 Å².